The zero-order chi connectivity index (χ0) is 20.4. The van der Waals surface area contributed by atoms with Crippen LogP contribution in [-0.2, 0) is 4.79 Å². The average molecular weight is 389 g/mol. The molecule has 1 amide bonds. The van der Waals surface area contributed by atoms with Gasteiger partial charge >= 0.3 is 0 Å². The van der Waals surface area contributed by atoms with Crippen LogP contribution < -0.4 is 9.80 Å². The van der Waals surface area contributed by atoms with Gasteiger partial charge in [0.05, 0.1) is 16.0 Å². The first-order valence-corrected chi connectivity index (χ1v) is 9.25. The Labute approximate surface area is 167 Å². The van der Waals surface area contributed by atoms with Gasteiger partial charge in [0, 0.05) is 38.3 Å². The van der Waals surface area contributed by atoms with Gasteiger partial charge in [-0.1, -0.05) is 24.3 Å². The Morgan fingerprint density at radius 1 is 1.07 bits per heavy atom. The Hall–Kier alpha value is -3.81. The number of carbonyl (C=O) groups is 1. The van der Waals surface area contributed by atoms with Crippen LogP contribution in [0.25, 0.3) is 17.1 Å². The van der Waals surface area contributed by atoms with Crippen LogP contribution in [0.15, 0.2) is 54.6 Å². The molecule has 0 saturated carbocycles. The van der Waals surface area contributed by atoms with E-state index in [1.165, 1.54) is 18.2 Å². The standard InChI is InChI=1S/C21H19N5O3/c1-24-12-5-13-25(21-20(24)22-17-8-2-3-9-18(17)23-21)19(27)11-10-15-6-4-7-16(14-15)26(28)29/h2-4,6-11,14H,5,12-13H2,1H3. The number of hydrogen-bond donors (Lipinski definition) is 0. The summed E-state index contributed by atoms with van der Waals surface area (Å²) >= 11 is 0. The van der Waals surface area contributed by atoms with Crippen LogP contribution in [0, 0.1) is 10.1 Å². The smallest absolute Gasteiger partial charge is 0.270 e. The fourth-order valence-electron chi connectivity index (χ4n) is 3.31. The molecule has 0 bridgehead atoms. The number of nitrogens with zero attached hydrogens (tertiary/aromatic N) is 5. The van der Waals surface area contributed by atoms with E-state index in [2.05, 4.69) is 0 Å². The lowest BCUT2D eigenvalue weighted by Gasteiger charge is -2.21. The molecular formula is C21H19N5O3. The van der Waals surface area contributed by atoms with E-state index in [9.17, 15) is 14.9 Å². The van der Waals surface area contributed by atoms with Gasteiger partial charge in [-0.2, -0.15) is 0 Å². The van der Waals surface area contributed by atoms with Crippen LogP contribution in [0.3, 0.4) is 0 Å². The Balaban J connectivity index is 1.68. The van der Waals surface area contributed by atoms with Gasteiger partial charge in [-0.15, -0.1) is 0 Å². The molecule has 146 valence electrons. The quantitative estimate of drug-likeness (QED) is 0.387. The number of aromatic nitrogens is 2. The number of non-ortho nitro benzene ring substituents is 1. The van der Waals surface area contributed by atoms with E-state index in [4.69, 9.17) is 9.97 Å². The first kappa shape index (κ1) is 18.5. The summed E-state index contributed by atoms with van der Waals surface area (Å²) in [6.07, 6.45) is 3.78. The Morgan fingerprint density at radius 2 is 1.79 bits per heavy atom. The summed E-state index contributed by atoms with van der Waals surface area (Å²) in [5, 5.41) is 10.9. The van der Waals surface area contributed by atoms with Crippen LogP contribution in [0.2, 0.25) is 0 Å². The van der Waals surface area contributed by atoms with Crippen LogP contribution in [0.5, 0.6) is 0 Å². The topological polar surface area (TPSA) is 92.5 Å². The normalized spacial score (nSPS) is 14.1. The maximum Gasteiger partial charge on any atom is 0.270 e. The lowest BCUT2D eigenvalue weighted by Crippen LogP contribution is -2.30. The number of nitro benzene ring substituents is 1. The van der Waals surface area contributed by atoms with Crippen molar-refractivity contribution in [1.29, 1.82) is 0 Å². The van der Waals surface area contributed by atoms with Gasteiger partial charge in [0.15, 0.2) is 11.6 Å². The number of nitro groups is 1. The van der Waals surface area contributed by atoms with Crippen LogP contribution in [-0.4, -0.2) is 40.9 Å². The van der Waals surface area contributed by atoms with Crippen molar-refractivity contribution in [3.63, 3.8) is 0 Å². The molecule has 1 aliphatic rings. The van der Waals surface area contributed by atoms with E-state index in [1.807, 2.05) is 36.2 Å². The minimum Gasteiger partial charge on any atom is -0.357 e. The third-order valence-corrected chi connectivity index (χ3v) is 4.79. The van der Waals surface area contributed by atoms with Gasteiger partial charge < -0.3 is 4.90 Å². The summed E-state index contributed by atoms with van der Waals surface area (Å²) in [7, 11) is 1.94. The zero-order valence-corrected chi connectivity index (χ0v) is 15.9. The number of rotatable bonds is 3. The molecule has 0 aliphatic carbocycles. The van der Waals surface area contributed by atoms with Gasteiger partial charge in [-0.3, -0.25) is 19.8 Å². The molecule has 2 heterocycles. The predicted octanol–water partition coefficient (Wildman–Crippen LogP) is 3.42. The molecule has 1 aliphatic heterocycles. The average Bonchev–Trinajstić information content (AvgIpc) is 2.89. The van der Waals surface area contributed by atoms with Crippen LogP contribution in [0.1, 0.15) is 12.0 Å². The van der Waals surface area contributed by atoms with E-state index in [0.717, 1.165) is 24.0 Å². The van der Waals surface area contributed by atoms with Crippen molar-refractivity contribution in [3.05, 3.63) is 70.3 Å². The number of fused-ring (bicyclic) bond motifs is 2. The van der Waals surface area contributed by atoms with Crippen molar-refractivity contribution in [2.45, 2.75) is 6.42 Å². The highest BCUT2D eigenvalue weighted by Crippen LogP contribution is 2.30. The van der Waals surface area contributed by atoms with E-state index >= 15 is 0 Å². The van der Waals surface area contributed by atoms with Gasteiger partial charge in [0.2, 0.25) is 0 Å². The molecule has 3 aromatic rings. The fourth-order valence-corrected chi connectivity index (χ4v) is 3.31. The van der Waals surface area contributed by atoms with E-state index < -0.39 is 4.92 Å². The number of amides is 1. The van der Waals surface area contributed by atoms with Crippen molar-refractivity contribution in [3.8, 4) is 0 Å². The van der Waals surface area contributed by atoms with Crippen molar-refractivity contribution in [2.75, 3.05) is 29.9 Å². The van der Waals surface area contributed by atoms with Crippen LogP contribution in [0.4, 0.5) is 17.3 Å². The molecule has 0 N–H and O–H groups in total. The van der Waals surface area contributed by atoms with Gasteiger partial charge in [-0.25, -0.2) is 9.97 Å². The monoisotopic (exact) mass is 389 g/mol. The molecule has 1 aromatic heterocycles. The summed E-state index contributed by atoms with van der Waals surface area (Å²) in [6.45, 7) is 1.28. The molecule has 2 aromatic carbocycles. The second-order valence-corrected chi connectivity index (χ2v) is 6.81. The first-order chi connectivity index (χ1) is 14.0. The van der Waals surface area contributed by atoms with Crippen molar-refractivity contribution in [1.82, 2.24) is 9.97 Å². The highest BCUT2D eigenvalue weighted by molar-refractivity contribution is 6.05. The van der Waals surface area contributed by atoms with Gasteiger partial charge in [0.1, 0.15) is 0 Å². The predicted molar refractivity (Wildman–Crippen MR) is 112 cm³/mol. The van der Waals surface area contributed by atoms with E-state index in [0.29, 0.717) is 23.7 Å². The Bertz CT molecular complexity index is 1130. The van der Waals surface area contributed by atoms with Crippen molar-refractivity contribution >= 4 is 40.3 Å². The van der Waals surface area contributed by atoms with Gasteiger partial charge in [0.25, 0.3) is 11.6 Å². The first-order valence-electron chi connectivity index (χ1n) is 9.25. The molecule has 0 fully saturated rings. The van der Waals surface area contributed by atoms with Crippen molar-refractivity contribution in [2.24, 2.45) is 0 Å². The maximum absolute atomic E-state index is 13.0. The molecule has 0 unspecified atom stereocenters. The molecular weight excluding hydrogens is 370 g/mol. The second kappa shape index (κ2) is 7.67. The molecule has 4 rings (SSSR count). The number of para-hydroxylation sites is 2. The molecule has 0 atom stereocenters. The second-order valence-electron chi connectivity index (χ2n) is 6.81. The summed E-state index contributed by atoms with van der Waals surface area (Å²) < 4.78 is 0. The number of benzene rings is 2. The number of hydrogen-bond acceptors (Lipinski definition) is 6. The zero-order valence-electron chi connectivity index (χ0n) is 15.9. The van der Waals surface area contributed by atoms with E-state index in [1.54, 1.807) is 23.1 Å². The molecule has 0 spiro atoms. The largest absolute Gasteiger partial charge is 0.357 e. The summed E-state index contributed by atoms with van der Waals surface area (Å²) in [4.78, 5) is 36.5. The third-order valence-electron chi connectivity index (χ3n) is 4.79. The molecule has 0 radical (unpaired) electrons. The summed E-state index contributed by atoms with van der Waals surface area (Å²) in [5.41, 5.74) is 2.07. The Kier molecular flexibility index (Phi) is 4.90. The fraction of sp³-hybridized carbons (Fsp3) is 0.190. The highest BCUT2D eigenvalue weighted by Gasteiger charge is 2.25. The molecule has 0 saturated heterocycles. The minimum atomic E-state index is -0.458. The molecule has 8 heteroatoms. The minimum absolute atomic E-state index is 0.0151. The van der Waals surface area contributed by atoms with Crippen molar-refractivity contribution < 1.29 is 9.72 Å². The molecule has 29 heavy (non-hydrogen) atoms. The third kappa shape index (κ3) is 3.77. The maximum atomic E-state index is 13.0. The number of anilines is 2. The lowest BCUT2D eigenvalue weighted by molar-refractivity contribution is -0.384. The number of carbonyl (C=O) groups excluding carboxylic acids is 1. The van der Waals surface area contributed by atoms with E-state index in [-0.39, 0.29) is 11.6 Å². The summed E-state index contributed by atoms with van der Waals surface area (Å²) in [6, 6.07) is 13.7. The lowest BCUT2D eigenvalue weighted by atomic mass is 10.2. The highest BCUT2D eigenvalue weighted by atomic mass is 16.6. The SMILES string of the molecule is CN1CCCN(C(=O)C=Cc2cccc([N+](=O)[O-])c2)c2nc3ccccc3nc21. The van der Waals surface area contributed by atoms with Crippen LogP contribution >= 0.6 is 0 Å². The molecule has 8 nitrogen and oxygen atoms in total. The Morgan fingerprint density at radius 3 is 2.52 bits per heavy atom. The summed E-state index contributed by atoms with van der Waals surface area (Å²) in [5.74, 6) is 0.952. The van der Waals surface area contributed by atoms with Gasteiger partial charge in [-0.05, 0) is 30.2 Å².